The first-order chi connectivity index (χ1) is 16.3. The van der Waals surface area contributed by atoms with Gasteiger partial charge in [-0.25, -0.2) is 13.2 Å². The smallest absolute Gasteiger partial charge is 0.278 e. The van der Waals surface area contributed by atoms with Crippen LogP contribution in [0.25, 0.3) is 10.6 Å². The molecule has 5 rings (SSSR count). The Hall–Kier alpha value is -3.41. The molecule has 4 heterocycles. The van der Waals surface area contributed by atoms with Crippen LogP contribution in [0.2, 0.25) is 0 Å². The predicted molar refractivity (Wildman–Crippen MR) is 118 cm³/mol. The number of carbonyl (C=O) groups is 1. The number of nitrogens with zero attached hydrogens (tertiary/aromatic N) is 5. The molecule has 1 fully saturated rings. The van der Waals surface area contributed by atoms with E-state index in [1.165, 1.54) is 10.9 Å². The van der Waals surface area contributed by atoms with Crippen molar-refractivity contribution in [2.75, 3.05) is 18.1 Å². The Morgan fingerprint density at radius 1 is 1.12 bits per heavy atom. The molecule has 178 valence electrons. The standard InChI is InChI=1S/C22H20F3N5O3S/c1-2-28-17-5-3-4-6-29(17)30-10-12(19(31)20(32)18(30)22(28)33)21-27-26-16(34-21)8-11-7-14(24)15(25)9-13(11)23/h7,9-10,17,32H,2-6,8H2,1H3/t17-/m0/s1. The van der Waals surface area contributed by atoms with E-state index < -0.39 is 34.5 Å². The van der Waals surface area contributed by atoms with E-state index in [1.54, 1.807) is 4.90 Å². The van der Waals surface area contributed by atoms with Crippen molar-refractivity contribution in [3.8, 4) is 16.3 Å². The number of rotatable bonds is 4. The van der Waals surface area contributed by atoms with Gasteiger partial charge in [0.1, 0.15) is 17.0 Å². The quantitative estimate of drug-likeness (QED) is 0.565. The number of aromatic hydroxyl groups is 1. The highest BCUT2D eigenvalue weighted by Gasteiger charge is 2.40. The van der Waals surface area contributed by atoms with Crippen molar-refractivity contribution >= 4 is 17.2 Å². The normalized spacial score (nSPS) is 17.6. The maximum Gasteiger partial charge on any atom is 0.278 e. The Labute approximate surface area is 195 Å². The molecule has 1 aromatic carbocycles. The fourth-order valence-corrected chi connectivity index (χ4v) is 5.40. The van der Waals surface area contributed by atoms with Crippen molar-refractivity contribution in [3.05, 3.63) is 62.3 Å². The molecule has 0 unspecified atom stereocenters. The summed E-state index contributed by atoms with van der Waals surface area (Å²) < 4.78 is 42.3. The van der Waals surface area contributed by atoms with Gasteiger partial charge in [-0.3, -0.25) is 19.3 Å². The minimum Gasteiger partial charge on any atom is -0.502 e. The van der Waals surface area contributed by atoms with Gasteiger partial charge < -0.3 is 10.0 Å². The molecule has 3 aromatic rings. The Kier molecular flexibility index (Phi) is 5.54. The van der Waals surface area contributed by atoms with Crippen LogP contribution >= 0.6 is 11.3 Å². The lowest BCUT2D eigenvalue weighted by Gasteiger charge is -2.48. The summed E-state index contributed by atoms with van der Waals surface area (Å²) in [6.45, 7) is 2.93. The first-order valence-electron chi connectivity index (χ1n) is 10.8. The van der Waals surface area contributed by atoms with Crippen molar-refractivity contribution in [1.82, 2.24) is 19.8 Å². The van der Waals surface area contributed by atoms with Gasteiger partial charge in [0.15, 0.2) is 28.1 Å². The number of aromatic nitrogens is 3. The maximum absolute atomic E-state index is 14.0. The second-order valence-electron chi connectivity index (χ2n) is 8.18. The lowest BCUT2D eigenvalue weighted by molar-refractivity contribution is 0.0536. The number of fused-ring (bicyclic) bond motifs is 3. The van der Waals surface area contributed by atoms with E-state index in [2.05, 4.69) is 10.2 Å². The molecule has 0 radical (unpaired) electrons. The summed E-state index contributed by atoms with van der Waals surface area (Å²) in [7, 11) is 0. The number of amides is 1. The van der Waals surface area contributed by atoms with Crippen molar-refractivity contribution < 1.29 is 23.1 Å². The topological polar surface area (TPSA) is 91.6 Å². The summed E-state index contributed by atoms with van der Waals surface area (Å²) >= 11 is 0.965. The molecule has 0 aliphatic carbocycles. The summed E-state index contributed by atoms with van der Waals surface area (Å²) in [4.78, 5) is 27.7. The van der Waals surface area contributed by atoms with Gasteiger partial charge in [-0.2, -0.15) is 0 Å². The number of hydrogen-bond donors (Lipinski definition) is 1. The molecule has 1 N–H and O–H groups in total. The monoisotopic (exact) mass is 491 g/mol. The SMILES string of the molecule is CCN1C(=O)c2c(O)c(=O)c(-c3nnc(Cc4cc(F)c(F)cc4F)s3)cn2N2CCCC[C@@H]12. The van der Waals surface area contributed by atoms with Crippen LogP contribution < -0.4 is 10.4 Å². The average Bonchev–Trinajstić information content (AvgIpc) is 3.28. The third-order valence-corrected chi connectivity index (χ3v) is 7.13. The third-order valence-electron chi connectivity index (χ3n) is 6.18. The molecule has 2 aromatic heterocycles. The molecule has 8 nitrogen and oxygen atoms in total. The van der Waals surface area contributed by atoms with Crippen LogP contribution in [-0.2, 0) is 6.42 Å². The number of piperidine rings is 1. The minimum atomic E-state index is -1.29. The van der Waals surface area contributed by atoms with Gasteiger partial charge in [0.25, 0.3) is 5.91 Å². The van der Waals surface area contributed by atoms with Crippen LogP contribution in [0.4, 0.5) is 13.2 Å². The fraction of sp³-hybridized carbons (Fsp3) is 0.364. The number of halogens is 3. The molecule has 0 saturated carbocycles. The molecule has 2 aliphatic rings. The van der Waals surface area contributed by atoms with Crippen molar-refractivity contribution in [3.63, 3.8) is 0 Å². The van der Waals surface area contributed by atoms with Gasteiger partial charge in [0.2, 0.25) is 5.43 Å². The highest BCUT2D eigenvalue weighted by molar-refractivity contribution is 7.14. The summed E-state index contributed by atoms with van der Waals surface area (Å²) in [5, 5.41) is 21.0. The zero-order valence-corrected chi connectivity index (χ0v) is 18.9. The summed E-state index contributed by atoms with van der Waals surface area (Å²) in [5.74, 6) is -4.48. The van der Waals surface area contributed by atoms with E-state index in [0.717, 1.165) is 36.7 Å². The van der Waals surface area contributed by atoms with E-state index in [1.807, 2.05) is 11.9 Å². The lowest BCUT2D eigenvalue weighted by atomic mass is 10.1. The molecule has 0 bridgehead atoms. The van der Waals surface area contributed by atoms with Crippen LogP contribution in [-0.4, -0.2) is 50.0 Å². The number of hydrogen-bond acceptors (Lipinski definition) is 7. The molecule has 1 saturated heterocycles. The fourth-order valence-electron chi connectivity index (χ4n) is 4.53. The van der Waals surface area contributed by atoms with Crippen LogP contribution in [0.3, 0.4) is 0 Å². The van der Waals surface area contributed by atoms with Gasteiger partial charge in [0.05, 0.1) is 5.56 Å². The van der Waals surface area contributed by atoms with Gasteiger partial charge in [-0.15, -0.1) is 10.2 Å². The Balaban J connectivity index is 1.55. The van der Waals surface area contributed by atoms with E-state index in [9.17, 15) is 27.9 Å². The Bertz CT molecular complexity index is 1360. The Morgan fingerprint density at radius 3 is 2.65 bits per heavy atom. The van der Waals surface area contributed by atoms with E-state index in [0.29, 0.717) is 19.2 Å². The molecule has 1 amide bonds. The van der Waals surface area contributed by atoms with Crippen LogP contribution in [0.15, 0.2) is 23.1 Å². The zero-order valence-electron chi connectivity index (χ0n) is 18.1. The first kappa shape index (κ1) is 22.4. The molecule has 34 heavy (non-hydrogen) atoms. The summed E-state index contributed by atoms with van der Waals surface area (Å²) in [6, 6.07) is 1.22. The van der Waals surface area contributed by atoms with Crippen molar-refractivity contribution in [2.24, 2.45) is 0 Å². The number of pyridine rings is 1. The summed E-state index contributed by atoms with van der Waals surface area (Å²) in [6.07, 6.45) is 3.76. The van der Waals surface area contributed by atoms with Gasteiger partial charge in [0, 0.05) is 31.8 Å². The number of carbonyl (C=O) groups excluding carboxylic acids is 1. The molecule has 12 heteroatoms. The molecular weight excluding hydrogens is 471 g/mol. The highest BCUT2D eigenvalue weighted by Crippen LogP contribution is 2.32. The van der Waals surface area contributed by atoms with E-state index >= 15 is 0 Å². The lowest BCUT2D eigenvalue weighted by Crippen LogP contribution is -2.62. The van der Waals surface area contributed by atoms with Crippen LogP contribution in [0.1, 0.15) is 47.2 Å². The molecule has 2 aliphatic heterocycles. The van der Waals surface area contributed by atoms with E-state index in [4.69, 9.17) is 0 Å². The second-order valence-corrected chi connectivity index (χ2v) is 9.24. The van der Waals surface area contributed by atoms with Crippen molar-refractivity contribution in [2.45, 2.75) is 38.8 Å². The minimum absolute atomic E-state index is 0.0397. The molecular formula is C22H20F3N5O3S. The van der Waals surface area contributed by atoms with Gasteiger partial charge in [-0.1, -0.05) is 11.3 Å². The van der Waals surface area contributed by atoms with Crippen LogP contribution in [0.5, 0.6) is 5.75 Å². The van der Waals surface area contributed by atoms with Gasteiger partial charge in [-0.05, 0) is 37.8 Å². The van der Waals surface area contributed by atoms with Gasteiger partial charge >= 0.3 is 0 Å². The van der Waals surface area contributed by atoms with Crippen molar-refractivity contribution in [1.29, 1.82) is 0 Å². The van der Waals surface area contributed by atoms with Crippen LogP contribution in [0, 0.1) is 17.5 Å². The predicted octanol–water partition coefficient (Wildman–Crippen LogP) is 3.00. The Morgan fingerprint density at radius 2 is 1.88 bits per heavy atom. The first-order valence-corrected chi connectivity index (χ1v) is 11.6. The third kappa shape index (κ3) is 3.52. The number of benzene rings is 1. The zero-order chi connectivity index (χ0) is 24.1. The average molecular weight is 491 g/mol. The molecule has 0 spiro atoms. The highest BCUT2D eigenvalue weighted by atomic mass is 32.1. The second kappa shape index (κ2) is 8.42. The largest absolute Gasteiger partial charge is 0.502 e. The maximum atomic E-state index is 14.0. The summed E-state index contributed by atoms with van der Waals surface area (Å²) in [5.41, 5.74) is -0.930. The van der Waals surface area contributed by atoms with E-state index in [-0.39, 0.29) is 39.4 Å². The molecule has 1 atom stereocenters.